The number of fused-ring (bicyclic) bond motifs is 1. The summed E-state index contributed by atoms with van der Waals surface area (Å²) < 4.78 is 6.97. The zero-order valence-electron chi connectivity index (χ0n) is 24.2. The van der Waals surface area contributed by atoms with Crippen molar-refractivity contribution >= 4 is 28.8 Å². The maximum absolute atomic E-state index is 13.4. The Bertz CT molecular complexity index is 1430. The second-order valence-electron chi connectivity index (χ2n) is 12.7. The Morgan fingerprint density at radius 3 is 2.62 bits per heavy atom. The molecule has 1 fully saturated rings. The Labute approximate surface area is 235 Å². The number of benzene rings is 1. The van der Waals surface area contributed by atoms with Gasteiger partial charge in [-0.3, -0.25) is 14.9 Å². The number of hydrogen-bond donors (Lipinski definition) is 2. The van der Waals surface area contributed by atoms with Crippen LogP contribution in [0.3, 0.4) is 0 Å². The van der Waals surface area contributed by atoms with E-state index in [0.717, 1.165) is 36.0 Å². The molecule has 212 valence electrons. The normalized spacial score (nSPS) is 16.4. The van der Waals surface area contributed by atoms with Crippen molar-refractivity contribution in [1.29, 1.82) is 5.26 Å². The van der Waals surface area contributed by atoms with Gasteiger partial charge in [0.25, 0.3) is 11.8 Å². The second-order valence-corrected chi connectivity index (χ2v) is 12.7. The lowest BCUT2D eigenvalue weighted by Crippen LogP contribution is -2.39. The number of anilines is 1. The molecule has 1 saturated heterocycles. The highest BCUT2D eigenvalue weighted by atomic mass is 16.5. The minimum Gasteiger partial charge on any atom is -0.351 e. The fourth-order valence-electron chi connectivity index (χ4n) is 4.88. The first kappa shape index (κ1) is 29.0. The third kappa shape index (κ3) is 7.16. The van der Waals surface area contributed by atoms with E-state index in [-0.39, 0.29) is 34.1 Å². The van der Waals surface area contributed by atoms with E-state index in [1.165, 1.54) is 12.3 Å². The lowest BCUT2D eigenvalue weighted by atomic mass is 9.93. The third-order valence-electron chi connectivity index (χ3n) is 6.64. The Kier molecular flexibility index (Phi) is 8.45. The summed E-state index contributed by atoms with van der Waals surface area (Å²) in [6, 6.07) is 9.50. The molecule has 0 radical (unpaired) electrons. The number of carbonyl (C=O) groups is 2. The van der Waals surface area contributed by atoms with Crippen molar-refractivity contribution in [2.24, 2.45) is 10.8 Å². The first-order valence-corrected chi connectivity index (χ1v) is 13.7. The van der Waals surface area contributed by atoms with Crippen molar-refractivity contribution in [1.82, 2.24) is 24.9 Å². The van der Waals surface area contributed by atoms with Crippen LogP contribution in [-0.4, -0.2) is 50.6 Å². The molecule has 0 bridgehead atoms. The highest BCUT2D eigenvalue weighted by molar-refractivity contribution is 6.02. The molecular weight excluding hydrogens is 506 g/mol. The summed E-state index contributed by atoms with van der Waals surface area (Å²) in [5.74, 6) is -0.278. The minimum absolute atomic E-state index is 0.0781. The molecule has 0 spiro atoms. The van der Waals surface area contributed by atoms with Crippen molar-refractivity contribution in [2.75, 3.05) is 18.4 Å². The molecule has 40 heavy (non-hydrogen) atoms. The van der Waals surface area contributed by atoms with Crippen LogP contribution in [0.1, 0.15) is 70.5 Å². The number of carbonyl (C=O) groups excluding carboxylic acids is 2. The van der Waals surface area contributed by atoms with Crippen LogP contribution in [0, 0.1) is 22.2 Å². The van der Waals surface area contributed by atoms with Crippen LogP contribution in [0.2, 0.25) is 0 Å². The van der Waals surface area contributed by atoms with Gasteiger partial charge >= 0.3 is 0 Å². The van der Waals surface area contributed by atoms with Crippen LogP contribution >= 0.6 is 0 Å². The monoisotopic (exact) mass is 545 g/mol. The van der Waals surface area contributed by atoms with Crippen LogP contribution < -0.4 is 10.6 Å². The van der Waals surface area contributed by atoms with Crippen LogP contribution in [0.25, 0.3) is 11.0 Å². The largest absolute Gasteiger partial charge is 0.351 e. The molecule has 1 aliphatic heterocycles. The van der Waals surface area contributed by atoms with E-state index < -0.39 is 5.91 Å². The number of nitriles is 1. The molecule has 1 aromatic carbocycles. The third-order valence-corrected chi connectivity index (χ3v) is 6.64. The van der Waals surface area contributed by atoms with Crippen molar-refractivity contribution in [3.63, 3.8) is 0 Å². The van der Waals surface area contributed by atoms with E-state index in [1.54, 1.807) is 11.0 Å². The summed E-state index contributed by atoms with van der Waals surface area (Å²) in [5, 5.41) is 19.7. The fraction of sp³-hybridized carbons (Fsp3) is 0.500. The van der Waals surface area contributed by atoms with E-state index in [1.807, 2.05) is 37.5 Å². The topological polar surface area (TPSA) is 129 Å². The maximum Gasteiger partial charge on any atom is 0.296 e. The molecule has 0 saturated carbocycles. The number of nitrogens with one attached hydrogen (secondary N) is 2. The van der Waals surface area contributed by atoms with Gasteiger partial charge in [0, 0.05) is 32.2 Å². The Hall–Kier alpha value is -3.97. The first-order chi connectivity index (χ1) is 18.8. The molecule has 2 N–H and O–H groups in total. The second kappa shape index (κ2) is 11.6. The molecule has 4 rings (SSSR count). The maximum atomic E-state index is 13.4. The molecule has 3 heterocycles. The number of imidazole rings is 1. The number of amides is 2. The van der Waals surface area contributed by atoms with E-state index in [0.29, 0.717) is 25.6 Å². The molecule has 0 aliphatic carbocycles. The standard InChI is InChI=1S/C30H39N7O3/c1-29(2,3)15-21(16-31)27(39)36-13-7-8-22(36)18-37-24-10-9-20(17-32-19-30(4,5)6)14-23(24)34-28(37)35-26(38)25-11-12-33-40-25/h9-12,14-15,22,32H,7-8,13,17-19H2,1-6H3,(H,34,35,38). The number of likely N-dealkylation sites (tertiary alicyclic amines) is 1. The molecule has 10 heteroatoms. The molecule has 1 aliphatic rings. The predicted octanol–water partition coefficient (Wildman–Crippen LogP) is 4.90. The fourth-order valence-corrected chi connectivity index (χ4v) is 4.88. The number of allylic oxidation sites excluding steroid dienone is 1. The molecule has 2 amide bonds. The summed E-state index contributed by atoms with van der Waals surface area (Å²) in [5.41, 5.74) is 2.69. The Morgan fingerprint density at radius 1 is 1.20 bits per heavy atom. The number of hydrogen-bond acceptors (Lipinski definition) is 7. The van der Waals surface area contributed by atoms with E-state index in [4.69, 9.17) is 9.51 Å². The number of rotatable bonds is 8. The zero-order chi connectivity index (χ0) is 29.1. The van der Waals surface area contributed by atoms with E-state index in [9.17, 15) is 14.9 Å². The summed E-state index contributed by atoms with van der Waals surface area (Å²) in [7, 11) is 0. The molecule has 3 aromatic rings. The lowest BCUT2D eigenvalue weighted by molar-refractivity contribution is -0.127. The van der Waals surface area contributed by atoms with Gasteiger partial charge in [-0.05, 0) is 41.4 Å². The smallest absolute Gasteiger partial charge is 0.296 e. The average molecular weight is 546 g/mol. The van der Waals surface area contributed by atoms with Crippen molar-refractivity contribution < 1.29 is 14.1 Å². The van der Waals surface area contributed by atoms with Crippen LogP contribution in [0.15, 0.2) is 46.6 Å². The van der Waals surface area contributed by atoms with Crippen molar-refractivity contribution in [3.05, 3.63) is 53.4 Å². The number of aromatic nitrogens is 3. The van der Waals surface area contributed by atoms with Crippen LogP contribution in [0.5, 0.6) is 0 Å². The van der Waals surface area contributed by atoms with Crippen molar-refractivity contribution in [3.8, 4) is 6.07 Å². The van der Waals surface area contributed by atoms with E-state index >= 15 is 0 Å². The van der Waals surface area contributed by atoms with Gasteiger partial charge in [-0.1, -0.05) is 58.8 Å². The van der Waals surface area contributed by atoms with Gasteiger partial charge < -0.3 is 19.3 Å². The quantitative estimate of drug-likeness (QED) is 0.304. The molecule has 2 aromatic heterocycles. The summed E-state index contributed by atoms with van der Waals surface area (Å²) >= 11 is 0. The lowest BCUT2D eigenvalue weighted by Gasteiger charge is -2.26. The number of nitrogens with zero attached hydrogens (tertiary/aromatic N) is 5. The van der Waals surface area contributed by atoms with Gasteiger partial charge in [0.1, 0.15) is 11.6 Å². The highest BCUT2D eigenvalue weighted by Crippen LogP contribution is 2.28. The predicted molar refractivity (Wildman–Crippen MR) is 153 cm³/mol. The first-order valence-electron chi connectivity index (χ1n) is 13.7. The summed E-state index contributed by atoms with van der Waals surface area (Å²) in [4.78, 5) is 32.8. The van der Waals surface area contributed by atoms with Gasteiger partial charge in [-0.2, -0.15) is 5.26 Å². The van der Waals surface area contributed by atoms with Gasteiger partial charge in [0.15, 0.2) is 0 Å². The van der Waals surface area contributed by atoms with Gasteiger partial charge in [0.05, 0.1) is 23.3 Å². The Balaban J connectivity index is 1.64. The molecule has 1 unspecified atom stereocenters. The van der Waals surface area contributed by atoms with Crippen LogP contribution in [-0.2, 0) is 17.9 Å². The summed E-state index contributed by atoms with van der Waals surface area (Å²) in [6.07, 6.45) is 4.76. The summed E-state index contributed by atoms with van der Waals surface area (Å²) in [6.45, 7) is 15.0. The van der Waals surface area contributed by atoms with Gasteiger partial charge in [0.2, 0.25) is 11.7 Å². The molecule has 10 nitrogen and oxygen atoms in total. The van der Waals surface area contributed by atoms with Gasteiger partial charge in [-0.25, -0.2) is 4.98 Å². The van der Waals surface area contributed by atoms with Crippen LogP contribution in [0.4, 0.5) is 5.95 Å². The van der Waals surface area contributed by atoms with E-state index in [2.05, 4.69) is 48.7 Å². The average Bonchev–Trinajstić information content (AvgIpc) is 3.62. The molecule has 1 atom stereocenters. The SMILES string of the molecule is CC(C)(C)C=C(C#N)C(=O)N1CCCC1Cn1c(NC(=O)c2ccno2)nc2cc(CNCC(C)(C)C)ccc21. The van der Waals surface area contributed by atoms with Gasteiger partial charge in [-0.15, -0.1) is 0 Å². The highest BCUT2D eigenvalue weighted by Gasteiger charge is 2.32. The molecular formula is C30H39N7O3. The zero-order valence-corrected chi connectivity index (χ0v) is 24.2. The van der Waals surface area contributed by atoms with Crippen molar-refractivity contribution in [2.45, 2.75) is 73.5 Å². The minimum atomic E-state index is -0.458. The Morgan fingerprint density at radius 2 is 1.98 bits per heavy atom.